The zero-order valence-corrected chi connectivity index (χ0v) is 10.1. The molecule has 0 saturated carbocycles. The number of benzene rings is 1. The molecule has 1 heterocycles. The predicted molar refractivity (Wildman–Crippen MR) is 64.6 cm³/mol. The smallest absolute Gasteiger partial charge is 0.150 e. The Kier molecular flexibility index (Phi) is 2.70. The number of fused-ring (bicyclic) bond motifs is 1. The van der Waals surface area contributed by atoms with E-state index in [1.807, 2.05) is 6.07 Å². The highest BCUT2D eigenvalue weighted by Crippen LogP contribution is 2.30. The summed E-state index contributed by atoms with van der Waals surface area (Å²) in [5.74, 6) is 0. The summed E-state index contributed by atoms with van der Waals surface area (Å²) in [7, 11) is 0. The number of hydrogen-bond donors (Lipinski definition) is 0. The number of aryl methyl sites for hydroxylation is 1. The predicted octanol–water partition coefficient (Wildman–Crippen LogP) is 3.92. The van der Waals surface area contributed by atoms with Crippen LogP contribution in [0.3, 0.4) is 0 Å². The van der Waals surface area contributed by atoms with E-state index < -0.39 is 0 Å². The van der Waals surface area contributed by atoms with Crippen LogP contribution in [0.2, 0.25) is 0 Å². The first-order chi connectivity index (χ1) is 6.77. The van der Waals surface area contributed by atoms with Crippen LogP contribution in [0.1, 0.15) is 21.5 Å². The van der Waals surface area contributed by atoms with Crippen molar-refractivity contribution < 1.29 is 4.79 Å². The summed E-state index contributed by atoms with van der Waals surface area (Å²) in [5, 5.41) is 3.96. The monoisotopic (exact) mass is 268 g/mol. The van der Waals surface area contributed by atoms with Gasteiger partial charge in [0.1, 0.15) is 6.29 Å². The van der Waals surface area contributed by atoms with Gasteiger partial charge in [0.05, 0.1) is 0 Å². The van der Waals surface area contributed by atoms with Gasteiger partial charge in [0, 0.05) is 15.6 Å². The minimum absolute atomic E-state index is 0.737. The number of hydrogen-bond acceptors (Lipinski definition) is 2. The first kappa shape index (κ1) is 9.87. The average Bonchev–Trinajstić information content (AvgIpc) is 2.65. The molecule has 1 aromatic heterocycles. The molecule has 3 heteroatoms. The Hall–Kier alpha value is -0.670. The van der Waals surface area contributed by atoms with Gasteiger partial charge >= 0.3 is 0 Å². The van der Waals surface area contributed by atoms with Gasteiger partial charge in [0.15, 0.2) is 0 Å². The van der Waals surface area contributed by atoms with Crippen molar-refractivity contribution in [1.29, 1.82) is 0 Å². The highest BCUT2D eigenvalue weighted by atomic mass is 79.9. The summed E-state index contributed by atoms with van der Waals surface area (Å²) in [6.07, 6.45) is 0.931. The second-order valence-electron chi connectivity index (χ2n) is 3.16. The van der Waals surface area contributed by atoms with Crippen LogP contribution in [-0.2, 0) is 5.33 Å². The third kappa shape index (κ3) is 1.41. The Balaban J connectivity index is 2.85. The van der Waals surface area contributed by atoms with E-state index in [1.54, 1.807) is 11.3 Å². The van der Waals surface area contributed by atoms with Crippen LogP contribution < -0.4 is 0 Å². The molecule has 0 aliphatic carbocycles. The largest absolute Gasteiger partial charge is 0.298 e. The average molecular weight is 269 g/mol. The Labute approximate surface area is 94.9 Å². The van der Waals surface area contributed by atoms with E-state index in [0.717, 1.165) is 22.7 Å². The van der Waals surface area contributed by atoms with E-state index in [9.17, 15) is 4.79 Å². The maximum absolute atomic E-state index is 10.9. The first-order valence-electron chi connectivity index (χ1n) is 4.28. The highest BCUT2D eigenvalue weighted by Gasteiger charge is 2.09. The van der Waals surface area contributed by atoms with Crippen molar-refractivity contribution >= 4 is 43.6 Å². The van der Waals surface area contributed by atoms with Gasteiger partial charge in [-0.15, -0.1) is 11.3 Å². The Morgan fingerprint density at radius 3 is 3.00 bits per heavy atom. The summed E-state index contributed by atoms with van der Waals surface area (Å²) in [4.78, 5) is 10.9. The molecule has 0 fully saturated rings. The van der Waals surface area contributed by atoms with Crippen molar-refractivity contribution in [3.8, 4) is 0 Å². The van der Waals surface area contributed by atoms with Gasteiger partial charge in [-0.1, -0.05) is 15.9 Å². The van der Waals surface area contributed by atoms with E-state index >= 15 is 0 Å². The van der Waals surface area contributed by atoms with Crippen molar-refractivity contribution in [2.45, 2.75) is 12.3 Å². The molecule has 0 spiro atoms. The quantitative estimate of drug-likeness (QED) is 0.596. The Morgan fingerprint density at radius 2 is 2.36 bits per heavy atom. The Morgan fingerprint density at radius 1 is 1.57 bits per heavy atom. The van der Waals surface area contributed by atoms with Crippen LogP contribution in [0.25, 0.3) is 10.1 Å². The van der Waals surface area contributed by atoms with Crippen molar-refractivity contribution in [2.24, 2.45) is 0 Å². The molecule has 1 aromatic carbocycles. The van der Waals surface area contributed by atoms with Crippen molar-refractivity contribution in [3.63, 3.8) is 0 Å². The lowest BCUT2D eigenvalue weighted by Crippen LogP contribution is -1.93. The maximum atomic E-state index is 10.9. The molecular weight excluding hydrogens is 260 g/mol. The normalized spacial score (nSPS) is 10.7. The molecule has 2 aromatic rings. The minimum Gasteiger partial charge on any atom is -0.298 e. The van der Waals surface area contributed by atoms with Crippen LogP contribution in [-0.4, -0.2) is 6.29 Å². The van der Waals surface area contributed by atoms with Crippen LogP contribution in [0, 0.1) is 6.92 Å². The molecule has 0 saturated heterocycles. The minimum atomic E-state index is 0.737. The van der Waals surface area contributed by atoms with Gasteiger partial charge < -0.3 is 0 Å². The number of rotatable bonds is 2. The standard InChI is InChI=1S/C11H9BrOS/c1-7-10(5-12)9(6-13)4-8-2-3-14-11(7)8/h2-4,6H,5H2,1H3. The third-order valence-corrected chi connectivity index (χ3v) is 4.02. The summed E-state index contributed by atoms with van der Waals surface area (Å²) in [6.45, 7) is 2.07. The lowest BCUT2D eigenvalue weighted by Gasteiger charge is -2.06. The van der Waals surface area contributed by atoms with Gasteiger partial charge in [0.2, 0.25) is 0 Å². The SMILES string of the molecule is Cc1c(CBr)c(C=O)cc2ccsc12. The molecule has 0 amide bonds. The third-order valence-electron chi connectivity index (χ3n) is 2.41. The second-order valence-corrected chi connectivity index (χ2v) is 4.64. The van der Waals surface area contributed by atoms with Crippen LogP contribution in [0.4, 0.5) is 0 Å². The molecule has 72 valence electrons. The van der Waals surface area contributed by atoms with Gasteiger partial charge in [-0.2, -0.15) is 0 Å². The fraction of sp³-hybridized carbons (Fsp3) is 0.182. The van der Waals surface area contributed by atoms with Crippen LogP contribution >= 0.6 is 27.3 Å². The first-order valence-corrected chi connectivity index (χ1v) is 6.29. The van der Waals surface area contributed by atoms with E-state index in [1.165, 1.54) is 15.6 Å². The van der Waals surface area contributed by atoms with Gasteiger partial charge in [0.25, 0.3) is 0 Å². The fourth-order valence-electron chi connectivity index (χ4n) is 1.63. The van der Waals surface area contributed by atoms with Crippen molar-refractivity contribution in [1.82, 2.24) is 0 Å². The number of halogens is 1. The van der Waals surface area contributed by atoms with Gasteiger partial charge in [-0.3, -0.25) is 4.79 Å². The number of carbonyl (C=O) groups is 1. The summed E-state index contributed by atoms with van der Waals surface area (Å²) >= 11 is 5.15. The molecule has 14 heavy (non-hydrogen) atoms. The fourth-order valence-corrected chi connectivity index (χ4v) is 3.29. The molecule has 1 nitrogen and oxygen atoms in total. The molecule has 0 atom stereocenters. The van der Waals surface area contributed by atoms with E-state index in [2.05, 4.69) is 34.3 Å². The van der Waals surface area contributed by atoms with Crippen LogP contribution in [0.5, 0.6) is 0 Å². The molecule has 0 aliphatic heterocycles. The van der Waals surface area contributed by atoms with Crippen LogP contribution in [0.15, 0.2) is 17.5 Å². The highest BCUT2D eigenvalue weighted by molar-refractivity contribution is 9.08. The van der Waals surface area contributed by atoms with Gasteiger partial charge in [-0.05, 0) is 40.9 Å². The maximum Gasteiger partial charge on any atom is 0.150 e. The molecule has 2 rings (SSSR count). The lowest BCUT2D eigenvalue weighted by atomic mass is 10.0. The van der Waals surface area contributed by atoms with E-state index in [-0.39, 0.29) is 0 Å². The molecule has 0 aliphatic rings. The molecule has 0 radical (unpaired) electrons. The Bertz CT molecular complexity index is 487. The lowest BCUT2D eigenvalue weighted by molar-refractivity contribution is 0.112. The topological polar surface area (TPSA) is 17.1 Å². The number of carbonyl (C=O) groups excluding carboxylic acids is 1. The summed E-state index contributed by atoms with van der Waals surface area (Å²) in [6, 6.07) is 4.01. The number of aldehydes is 1. The molecule has 0 bridgehead atoms. The summed E-state index contributed by atoms with van der Waals surface area (Å²) in [5.41, 5.74) is 3.12. The zero-order valence-electron chi connectivity index (χ0n) is 7.71. The van der Waals surface area contributed by atoms with Gasteiger partial charge in [-0.25, -0.2) is 0 Å². The molecule has 0 N–H and O–H groups in total. The summed E-state index contributed by atoms with van der Waals surface area (Å²) < 4.78 is 1.28. The van der Waals surface area contributed by atoms with E-state index in [4.69, 9.17) is 0 Å². The van der Waals surface area contributed by atoms with Crippen molar-refractivity contribution in [3.05, 3.63) is 34.2 Å². The van der Waals surface area contributed by atoms with Crippen molar-refractivity contribution in [2.75, 3.05) is 0 Å². The molecular formula is C11H9BrOS. The van der Waals surface area contributed by atoms with E-state index in [0.29, 0.717) is 0 Å². The second kappa shape index (κ2) is 3.83. The number of thiophene rings is 1. The molecule has 0 unspecified atom stereocenters. The number of alkyl halides is 1. The zero-order chi connectivity index (χ0) is 10.1.